The average molecular weight is 331 g/mol. The minimum absolute atomic E-state index is 0.0552. The van der Waals surface area contributed by atoms with Crippen LogP contribution in [0.5, 0.6) is 0 Å². The van der Waals surface area contributed by atoms with Crippen molar-refractivity contribution in [2.45, 2.75) is 45.6 Å². The topological polar surface area (TPSA) is 72.9 Å². The Morgan fingerprint density at radius 1 is 1.39 bits per heavy atom. The van der Waals surface area contributed by atoms with E-state index in [1.165, 1.54) is 0 Å². The molecule has 1 aliphatic heterocycles. The van der Waals surface area contributed by atoms with Crippen LogP contribution in [-0.4, -0.2) is 35.9 Å². The molecule has 3 aromatic heterocycles. The molecule has 1 atom stereocenters. The summed E-state index contributed by atoms with van der Waals surface area (Å²) in [7, 11) is 0. The number of fused-ring (bicyclic) bond motifs is 2. The number of aryl methyl sites for hydroxylation is 1. The molecule has 23 heavy (non-hydrogen) atoms. The summed E-state index contributed by atoms with van der Waals surface area (Å²) in [6.45, 7) is 8.40. The molecule has 0 amide bonds. The van der Waals surface area contributed by atoms with Gasteiger partial charge in [0.1, 0.15) is 12.2 Å². The van der Waals surface area contributed by atoms with Gasteiger partial charge in [-0.15, -0.1) is 15.3 Å². The quantitative estimate of drug-likeness (QED) is 0.797. The van der Waals surface area contributed by atoms with Crippen molar-refractivity contribution in [1.82, 2.24) is 29.4 Å². The lowest BCUT2D eigenvalue weighted by Crippen LogP contribution is -2.25. The molecule has 0 radical (unpaired) electrons. The monoisotopic (exact) mass is 331 g/mol. The number of hydrogen-bond acceptors (Lipinski definition) is 6. The summed E-state index contributed by atoms with van der Waals surface area (Å²) in [6.07, 6.45) is 6.00. The van der Waals surface area contributed by atoms with Crippen LogP contribution in [0.1, 0.15) is 38.7 Å². The van der Waals surface area contributed by atoms with Gasteiger partial charge < -0.3 is 9.88 Å². The summed E-state index contributed by atoms with van der Waals surface area (Å²) in [5, 5.41) is 17.1. The summed E-state index contributed by atoms with van der Waals surface area (Å²) in [5.74, 6) is 1.68. The molecule has 1 aliphatic rings. The first kappa shape index (κ1) is 14.6. The molecule has 0 unspecified atom stereocenters. The predicted molar refractivity (Wildman–Crippen MR) is 89.9 cm³/mol. The Morgan fingerprint density at radius 2 is 2.26 bits per heavy atom. The summed E-state index contributed by atoms with van der Waals surface area (Å²) in [6, 6.07) is 0. The van der Waals surface area contributed by atoms with Gasteiger partial charge in [0, 0.05) is 24.9 Å². The smallest absolute Gasteiger partial charge is 0.214 e. The maximum Gasteiger partial charge on any atom is 0.214 e. The normalized spacial score (nSPS) is 18.3. The molecule has 8 heteroatoms. The van der Waals surface area contributed by atoms with Gasteiger partial charge in [-0.3, -0.25) is 0 Å². The second-order valence-corrected chi connectivity index (χ2v) is 8.15. The first-order valence-electron chi connectivity index (χ1n) is 7.96. The minimum atomic E-state index is 0.0552. The summed E-state index contributed by atoms with van der Waals surface area (Å²) >= 11 is 1.61. The lowest BCUT2D eigenvalue weighted by atomic mass is 9.93. The fourth-order valence-corrected chi connectivity index (χ4v) is 3.65. The lowest BCUT2D eigenvalue weighted by Gasteiger charge is -2.22. The zero-order valence-corrected chi connectivity index (χ0v) is 14.5. The second kappa shape index (κ2) is 5.30. The zero-order chi connectivity index (χ0) is 16.0. The number of nitrogens with one attached hydrogen (secondary N) is 1. The molecule has 7 nitrogen and oxygen atoms in total. The van der Waals surface area contributed by atoms with Crippen molar-refractivity contribution in [1.29, 1.82) is 0 Å². The highest BCUT2D eigenvalue weighted by molar-refractivity contribution is 7.20. The number of aromatic nitrogens is 6. The summed E-state index contributed by atoms with van der Waals surface area (Å²) < 4.78 is 4.03. The van der Waals surface area contributed by atoms with Gasteiger partial charge in [-0.2, -0.15) is 0 Å². The van der Waals surface area contributed by atoms with Crippen molar-refractivity contribution in [2.24, 2.45) is 5.92 Å². The summed E-state index contributed by atoms with van der Waals surface area (Å²) in [5.41, 5.74) is 1.13. The molecule has 0 saturated heterocycles. The van der Waals surface area contributed by atoms with Crippen LogP contribution in [0.25, 0.3) is 4.96 Å². The number of nitrogens with zero attached hydrogens (tertiary/aromatic N) is 6. The molecular weight excluding hydrogens is 310 g/mol. The first-order valence-corrected chi connectivity index (χ1v) is 8.78. The Balaban J connectivity index is 1.42. The van der Waals surface area contributed by atoms with E-state index >= 15 is 0 Å². The van der Waals surface area contributed by atoms with Crippen LogP contribution in [-0.2, 0) is 18.4 Å². The molecular formula is C15H21N7S. The van der Waals surface area contributed by atoms with E-state index in [-0.39, 0.29) is 5.41 Å². The van der Waals surface area contributed by atoms with Gasteiger partial charge in [0.15, 0.2) is 0 Å². The third-order valence-electron chi connectivity index (χ3n) is 4.28. The van der Waals surface area contributed by atoms with Crippen molar-refractivity contribution in [3.63, 3.8) is 0 Å². The van der Waals surface area contributed by atoms with E-state index in [2.05, 4.69) is 50.9 Å². The van der Waals surface area contributed by atoms with Crippen molar-refractivity contribution >= 4 is 21.4 Å². The minimum Gasteiger partial charge on any atom is -0.360 e. The van der Waals surface area contributed by atoms with Gasteiger partial charge in [-0.05, 0) is 12.3 Å². The van der Waals surface area contributed by atoms with Crippen LogP contribution in [0.4, 0.5) is 5.13 Å². The highest BCUT2D eigenvalue weighted by Crippen LogP contribution is 2.26. The molecule has 4 rings (SSSR count). The molecule has 0 spiro atoms. The van der Waals surface area contributed by atoms with Crippen LogP contribution < -0.4 is 5.32 Å². The van der Waals surface area contributed by atoms with Crippen LogP contribution in [0.2, 0.25) is 0 Å². The fourth-order valence-electron chi connectivity index (χ4n) is 2.86. The number of hydrogen-bond donors (Lipinski definition) is 1. The zero-order valence-electron chi connectivity index (χ0n) is 13.7. The van der Waals surface area contributed by atoms with Gasteiger partial charge in [0.2, 0.25) is 10.1 Å². The van der Waals surface area contributed by atoms with Gasteiger partial charge in [-0.1, -0.05) is 32.1 Å². The first-order chi connectivity index (χ1) is 11.0. The van der Waals surface area contributed by atoms with Crippen LogP contribution in [0.15, 0.2) is 12.5 Å². The molecule has 0 saturated carbocycles. The van der Waals surface area contributed by atoms with E-state index in [1.807, 2.05) is 17.0 Å². The molecule has 122 valence electrons. The van der Waals surface area contributed by atoms with Crippen molar-refractivity contribution < 1.29 is 0 Å². The van der Waals surface area contributed by atoms with Gasteiger partial charge in [0.05, 0.1) is 11.9 Å². The van der Waals surface area contributed by atoms with E-state index in [9.17, 15) is 0 Å². The van der Waals surface area contributed by atoms with Crippen molar-refractivity contribution in [2.75, 3.05) is 11.9 Å². The Kier molecular flexibility index (Phi) is 3.37. The third kappa shape index (κ3) is 2.83. The van der Waals surface area contributed by atoms with Gasteiger partial charge in [0.25, 0.3) is 0 Å². The van der Waals surface area contributed by atoms with E-state index in [0.29, 0.717) is 5.92 Å². The highest BCUT2D eigenvalue weighted by Gasteiger charge is 2.21. The number of rotatable bonds is 3. The van der Waals surface area contributed by atoms with Crippen LogP contribution in [0.3, 0.4) is 0 Å². The highest BCUT2D eigenvalue weighted by atomic mass is 32.1. The Labute approximate surface area is 138 Å². The molecule has 1 N–H and O–H groups in total. The largest absolute Gasteiger partial charge is 0.360 e. The van der Waals surface area contributed by atoms with E-state index < -0.39 is 0 Å². The molecule has 0 aromatic carbocycles. The SMILES string of the molecule is CC(C)(C)c1cn2nc(NC[C@@H]3CCc4nncn4C3)sc2n1. The maximum absolute atomic E-state index is 4.68. The second-order valence-electron chi connectivity index (χ2n) is 7.20. The van der Waals surface area contributed by atoms with E-state index in [4.69, 9.17) is 0 Å². The standard InChI is InChI=1S/C15H21N7S/c1-15(2,3)11-8-22-14(18-11)23-13(20-22)16-6-10-4-5-12-19-17-9-21(12)7-10/h8-10H,4-7H2,1-3H3,(H,16,20)/t10-/m0/s1. The Morgan fingerprint density at radius 3 is 3.04 bits per heavy atom. The average Bonchev–Trinajstić information content (AvgIpc) is 3.17. The summed E-state index contributed by atoms with van der Waals surface area (Å²) in [4.78, 5) is 5.63. The predicted octanol–water partition coefficient (Wildman–Crippen LogP) is 2.35. The van der Waals surface area contributed by atoms with E-state index in [1.54, 1.807) is 11.3 Å². The lowest BCUT2D eigenvalue weighted by molar-refractivity contribution is 0.381. The Bertz CT molecular complexity index is 791. The maximum atomic E-state index is 4.68. The third-order valence-corrected chi connectivity index (χ3v) is 5.16. The molecule has 0 fully saturated rings. The number of anilines is 1. The molecule has 3 aromatic rings. The molecule has 0 aliphatic carbocycles. The number of imidazole rings is 1. The van der Waals surface area contributed by atoms with Crippen LogP contribution in [0, 0.1) is 5.92 Å². The van der Waals surface area contributed by atoms with E-state index in [0.717, 1.165) is 47.5 Å². The van der Waals surface area contributed by atoms with Crippen LogP contribution >= 0.6 is 11.3 Å². The molecule has 4 heterocycles. The fraction of sp³-hybridized carbons (Fsp3) is 0.600. The molecule has 0 bridgehead atoms. The van der Waals surface area contributed by atoms with Crippen molar-refractivity contribution in [3.05, 3.63) is 24.0 Å². The van der Waals surface area contributed by atoms with Gasteiger partial charge in [-0.25, -0.2) is 9.50 Å². The van der Waals surface area contributed by atoms with Gasteiger partial charge >= 0.3 is 0 Å². The van der Waals surface area contributed by atoms with Crippen molar-refractivity contribution in [3.8, 4) is 0 Å². The Hall–Kier alpha value is -1.96.